The van der Waals surface area contributed by atoms with Gasteiger partial charge in [0.2, 0.25) is 0 Å². The van der Waals surface area contributed by atoms with Gasteiger partial charge in [0.15, 0.2) is 0 Å². The molecule has 2 N–H and O–H groups in total. The predicted molar refractivity (Wildman–Crippen MR) is 83.5 cm³/mol. The molecule has 2 atom stereocenters. The van der Waals surface area contributed by atoms with E-state index >= 15 is 0 Å². The first-order valence-corrected chi connectivity index (χ1v) is 7.25. The number of aliphatic hydroxyl groups is 1. The monoisotopic (exact) mass is 315 g/mol. The zero-order valence-electron chi connectivity index (χ0n) is 11.4. The van der Waals surface area contributed by atoms with Gasteiger partial charge in [0, 0.05) is 25.1 Å². The van der Waals surface area contributed by atoms with Gasteiger partial charge in [0.05, 0.1) is 10.0 Å². The van der Waals surface area contributed by atoms with Crippen molar-refractivity contribution < 1.29 is 9.84 Å². The Morgan fingerprint density at radius 3 is 2.75 bits per heavy atom. The van der Waals surface area contributed by atoms with Crippen LogP contribution in [0.2, 0.25) is 10.0 Å². The summed E-state index contributed by atoms with van der Waals surface area (Å²) in [6, 6.07) is 5.21. The molecular formula is C15H19Cl2NO2. The third kappa shape index (κ3) is 6.02. The zero-order valence-corrected chi connectivity index (χ0v) is 12.9. The van der Waals surface area contributed by atoms with E-state index < -0.39 is 6.10 Å². The lowest BCUT2D eigenvalue weighted by Gasteiger charge is -2.18. The van der Waals surface area contributed by atoms with Crippen molar-refractivity contribution in [2.75, 3.05) is 13.2 Å². The van der Waals surface area contributed by atoms with E-state index in [0.717, 1.165) is 6.42 Å². The van der Waals surface area contributed by atoms with E-state index in [0.29, 0.717) is 28.8 Å². The van der Waals surface area contributed by atoms with E-state index in [1.165, 1.54) is 0 Å². The van der Waals surface area contributed by atoms with E-state index in [1.807, 2.05) is 6.92 Å². The Kier molecular flexibility index (Phi) is 7.79. The Morgan fingerprint density at radius 1 is 1.40 bits per heavy atom. The molecule has 0 spiro atoms. The summed E-state index contributed by atoms with van der Waals surface area (Å²) in [5, 5.41) is 14.0. The summed E-state index contributed by atoms with van der Waals surface area (Å²) in [6.45, 7) is 2.66. The van der Waals surface area contributed by atoms with E-state index in [9.17, 15) is 5.11 Å². The van der Waals surface area contributed by atoms with Crippen LogP contribution in [0.5, 0.6) is 5.75 Å². The molecule has 110 valence electrons. The second-order valence-electron chi connectivity index (χ2n) is 4.46. The summed E-state index contributed by atoms with van der Waals surface area (Å²) >= 11 is 11.7. The van der Waals surface area contributed by atoms with Crippen LogP contribution in [-0.2, 0) is 0 Å². The van der Waals surface area contributed by atoms with Crippen LogP contribution in [0.15, 0.2) is 18.2 Å². The molecule has 0 aromatic heterocycles. The number of rotatable bonds is 8. The predicted octanol–water partition coefficient (Wildman–Crippen LogP) is 3.12. The Morgan fingerprint density at radius 2 is 2.15 bits per heavy atom. The third-order valence-electron chi connectivity index (χ3n) is 2.83. The average Bonchev–Trinajstić information content (AvgIpc) is 2.44. The number of hydrogen-bond acceptors (Lipinski definition) is 3. The first kappa shape index (κ1) is 17.1. The molecule has 20 heavy (non-hydrogen) atoms. The zero-order chi connectivity index (χ0) is 15.0. The summed E-state index contributed by atoms with van der Waals surface area (Å²) in [5.41, 5.74) is 0. The van der Waals surface area contributed by atoms with Gasteiger partial charge in [-0.3, -0.25) is 0 Å². The molecule has 0 saturated carbocycles. The maximum absolute atomic E-state index is 9.85. The normalized spacial score (nSPS) is 13.6. The third-order valence-corrected chi connectivity index (χ3v) is 3.57. The van der Waals surface area contributed by atoms with Crippen molar-refractivity contribution in [3.63, 3.8) is 0 Å². The average molecular weight is 316 g/mol. The Balaban J connectivity index is 2.34. The van der Waals surface area contributed by atoms with Crippen molar-refractivity contribution in [1.29, 1.82) is 0 Å². The molecule has 0 bridgehead atoms. The maximum Gasteiger partial charge on any atom is 0.121 e. The minimum absolute atomic E-state index is 0.178. The van der Waals surface area contributed by atoms with Gasteiger partial charge >= 0.3 is 0 Å². The van der Waals surface area contributed by atoms with Crippen molar-refractivity contribution in [2.45, 2.75) is 31.9 Å². The van der Waals surface area contributed by atoms with Gasteiger partial charge in [-0.15, -0.1) is 12.3 Å². The number of aliphatic hydroxyl groups excluding tert-OH is 1. The Bertz CT molecular complexity index is 460. The summed E-state index contributed by atoms with van der Waals surface area (Å²) in [6.07, 6.45) is 6.23. The minimum Gasteiger partial charge on any atom is -0.491 e. The summed E-state index contributed by atoms with van der Waals surface area (Å²) in [4.78, 5) is 0. The lowest BCUT2D eigenvalue weighted by atomic mass is 10.1. The fourth-order valence-electron chi connectivity index (χ4n) is 1.62. The molecule has 0 saturated heterocycles. The van der Waals surface area contributed by atoms with Crippen molar-refractivity contribution in [2.24, 2.45) is 0 Å². The van der Waals surface area contributed by atoms with E-state index in [4.69, 9.17) is 34.4 Å². The summed E-state index contributed by atoms with van der Waals surface area (Å²) in [5.74, 6) is 3.19. The molecule has 0 aliphatic heterocycles. The highest BCUT2D eigenvalue weighted by Crippen LogP contribution is 2.26. The highest BCUT2D eigenvalue weighted by molar-refractivity contribution is 6.42. The van der Waals surface area contributed by atoms with Crippen molar-refractivity contribution in [1.82, 2.24) is 5.32 Å². The van der Waals surface area contributed by atoms with Gasteiger partial charge < -0.3 is 15.2 Å². The van der Waals surface area contributed by atoms with Gasteiger partial charge in [-0.05, 0) is 18.6 Å². The molecule has 0 heterocycles. The molecule has 5 heteroatoms. The molecular weight excluding hydrogens is 297 g/mol. The second kappa shape index (κ2) is 9.10. The second-order valence-corrected chi connectivity index (χ2v) is 5.28. The first-order chi connectivity index (χ1) is 9.56. The SMILES string of the molecule is C#CCC(CC)NCC(O)COc1ccc(Cl)c(Cl)c1. The number of terminal acetylenes is 1. The number of ether oxygens (including phenoxy) is 1. The van der Waals surface area contributed by atoms with Crippen molar-refractivity contribution >= 4 is 23.2 Å². The smallest absolute Gasteiger partial charge is 0.121 e. The fourth-order valence-corrected chi connectivity index (χ4v) is 1.91. The summed E-state index contributed by atoms with van der Waals surface area (Å²) in [7, 11) is 0. The molecule has 0 aliphatic rings. The van der Waals surface area contributed by atoms with Crippen LogP contribution in [0.3, 0.4) is 0 Å². The highest BCUT2D eigenvalue weighted by Gasteiger charge is 2.09. The fraction of sp³-hybridized carbons (Fsp3) is 0.467. The van der Waals surface area contributed by atoms with Gasteiger partial charge in [-0.1, -0.05) is 30.1 Å². The molecule has 0 amide bonds. The lowest BCUT2D eigenvalue weighted by molar-refractivity contribution is 0.103. The maximum atomic E-state index is 9.85. The summed E-state index contributed by atoms with van der Waals surface area (Å²) < 4.78 is 5.46. The largest absolute Gasteiger partial charge is 0.491 e. The van der Waals surface area contributed by atoms with Crippen LogP contribution >= 0.6 is 23.2 Å². The van der Waals surface area contributed by atoms with Crippen LogP contribution in [0, 0.1) is 12.3 Å². The quantitative estimate of drug-likeness (QED) is 0.724. The number of nitrogens with one attached hydrogen (secondary N) is 1. The van der Waals surface area contributed by atoms with Gasteiger partial charge in [0.1, 0.15) is 18.5 Å². The molecule has 1 aromatic rings. The molecule has 3 nitrogen and oxygen atoms in total. The van der Waals surface area contributed by atoms with Gasteiger partial charge in [0.25, 0.3) is 0 Å². The van der Waals surface area contributed by atoms with Crippen LogP contribution in [0.1, 0.15) is 19.8 Å². The molecule has 0 aliphatic carbocycles. The number of halogens is 2. The van der Waals surface area contributed by atoms with Gasteiger partial charge in [-0.25, -0.2) is 0 Å². The van der Waals surface area contributed by atoms with Crippen molar-refractivity contribution in [3.8, 4) is 18.1 Å². The molecule has 1 rings (SSSR count). The first-order valence-electron chi connectivity index (χ1n) is 6.49. The van der Waals surface area contributed by atoms with Crippen LogP contribution in [-0.4, -0.2) is 30.4 Å². The van der Waals surface area contributed by atoms with E-state index in [1.54, 1.807) is 18.2 Å². The minimum atomic E-state index is -0.615. The standard InChI is InChI=1S/C15H19Cl2NO2/c1-3-5-11(4-2)18-9-12(19)10-20-13-6-7-14(16)15(17)8-13/h1,6-8,11-12,18-19H,4-5,9-10H2,2H3. The van der Waals surface area contributed by atoms with Crippen LogP contribution in [0.4, 0.5) is 0 Å². The van der Waals surface area contributed by atoms with Crippen LogP contribution in [0.25, 0.3) is 0 Å². The van der Waals surface area contributed by atoms with Gasteiger partial charge in [-0.2, -0.15) is 0 Å². The molecule has 2 unspecified atom stereocenters. The molecule has 0 fully saturated rings. The number of benzene rings is 1. The lowest BCUT2D eigenvalue weighted by Crippen LogP contribution is -2.37. The van der Waals surface area contributed by atoms with Crippen LogP contribution < -0.4 is 10.1 Å². The topological polar surface area (TPSA) is 41.5 Å². The van der Waals surface area contributed by atoms with E-state index in [2.05, 4.69) is 11.2 Å². The Labute approximate surface area is 130 Å². The van der Waals surface area contributed by atoms with E-state index in [-0.39, 0.29) is 12.6 Å². The highest BCUT2D eigenvalue weighted by atomic mass is 35.5. The van der Waals surface area contributed by atoms with Crippen molar-refractivity contribution in [3.05, 3.63) is 28.2 Å². The Hall–Kier alpha value is -0.920. The molecule has 1 aromatic carbocycles. The number of hydrogen-bond donors (Lipinski definition) is 2. The molecule has 0 radical (unpaired) electrons.